The van der Waals surface area contributed by atoms with Crippen LogP contribution in [-0.2, 0) is 11.3 Å². The lowest BCUT2D eigenvalue weighted by atomic mass is 9.89. The number of nitrogens with zero attached hydrogens (tertiary/aromatic N) is 3. The molecule has 0 spiro atoms. The number of benzene rings is 2. The van der Waals surface area contributed by atoms with Crippen molar-refractivity contribution in [3.05, 3.63) is 75.8 Å². The molecular weight excluding hydrogens is 634 g/mol. The van der Waals surface area contributed by atoms with Crippen molar-refractivity contribution in [2.24, 2.45) is 0 Å². The molecule has 0 radical (unpaired) electrons. The number of anilines is 1. The molecule has 2 aromatic heterocycles. The van der Waals surface area contributed by atoms with Crippen LogP contribution in [0, 0.1) is 11.6 Å². The van der Waals surface area contributed by atoms with E-state index in [1.807, 2.05) is 45.0 Å². The van der Waals surface area contributed by atoms with E-state index in [0.29, 0.717) is 37.3 Å². The average molecular weight is 671 g/mol. The topological polar surface area (TPSA) is 98.0 Å². The Bertz CT molecular complexity index is 1750. The number of carbonyl (C=O) groups excluding carboxylic acids is 2. The van der Waals surface area contributed by atoms with E-state index >= 15 is 0 Å². The number of amides is 2. The van der Waals surface area contributed by atoms with Gasteiger partial charge in [0.1, 0.15) is 33.7 Å². The molecule has 4 aromatic rings. The van der Waals surface area contributed by atoms with E-state index in [2.05, 4.69) is 4.98 Å². The highest BCUT2D eigenvalue weighted by Gasteiger charge is 2.35. The number of nitrogen functional groups attached to an aromatic ring is 1. The molecule has 2 amide bonds. The summed E-state index contributed by atoms with van der Waals surface area (Å²) in [6, 6.07) is 10.9. The first-order chi connectivity index (χ1) is 21.8. The van der Waals surface area contributed by atoms with Crippen molar-refractivity contribution in [2.75, 3.05) is 19.9 Å². The Kier molecular flexibility index (Phi) is 9.74. The van der Waals surface area contributed by atoms with E-state index in [0.717, 1.165) is 40.2 Å². The van der Waals surface area contributed by atoms with Crippen LogP contribution in [-0.4, -0.2) is 58.6 Å². The molecule has 8 nitrogen and oxygen atoms in total. The third-order valence-electron chi connectivity index (χ3n) is 8.21. The molecule has 46 heavy (non-hydrogen) atoms. The van der Waals surface area contributed by atoms with Gasteiger partial charge >= 0.3 is 6.09 Å². The maximum atomic E-state index is 14.8. The van der Waals surface area contributed by atoms with E-state index in [4.69, 9.17) is 26.8 Å². The first-order valence-electron chi connectivity index (χ1n) is 15.0. The summed E-state index contributed by atoms with van der Waals surface area (Å²) >= 11 is 7.44. The number of halogens is 3. The minimum absolute atomic E-state index is 0.00794. The van der Waals surface area contributed by atoms with Gasteiger partial charge in [-0.1, -0.05) is 17.7 Å². The molecule has 244 valence electrons. The first-order valence-corrected chi connectivity index (χ1v) is 16.2. The number of ether oxygens (including phenoxy) is 2. The maximum absolute atomic E-state index is 14.8. The van der Waals surface area contributed by atoms with Crippen LogP contribution in [0.25, 0.3) is 21.2 Å². The van der Waals surface area contributed by atoms with Crippen LogP contribution in [0.4, 0.5) is 19.4 Å². The predicted molar refractivity (Wildman–Crippen MR) is 177 cm³/mol. The number of rotatable bonds is 7. The van der Waals surface area contributed by atoms with Crippen LogP contribution in [0.5, 0.6) is 5.75 Å². The highest BCUT2D eigenvalue weighted by Crippen LogP contribution is 2.41. The van der Waals surface area contributed by atoms with Crippen molar-refractivity contribution in [3.63, 3.8) is 0 Å². The van der Waals surface area contributed by atoms with Crippen molar-refractivity contribution >= 4 is 50.8 Å². The Balaban J connectivity index is 1.49. The van der Waals surface area contributed by atoms with E-state index in [9.17, 15) is 18.4 Å². The SMILES string of the molecule is COc1ccc(-c2ccc(N)nc2)cc1CN(C(=O)c1sc2c(F)ccc(F)c2c1Cl)C1CCC(N(C)C(=O)OC(C)(C)C)CC1. The molecule has 1 aliphatic carbocycles. The number of hydrogen-bond acceptors (Lipinski definition) is 7. The molecule has 12 heteroatoms. The van der Waals surface area contributed by atoms with Crippen molar-refractivity contribution in [1.29, 1.82) is 0 Å². The van der Waals surface area contributed by atoms with Gasteiger partial charge in [-0.3, -0.25) is 4.79 Å². The van der Waals surface area contributed by atoms with Crippen LogP contribution in [0.15, 0.2) is 48.7 Å². The second-order valence-electron chi connectivity index (χ2n) is 12.5. The van der Waals surface area contributed by atoms with Crippen molar-refractivity contribution in [1.82, 2.24) is 14.8 Å². The second-order valence-corrected chi connectivity index (χ2v) is 13.9. The van der Waals surface area contributed by atoms with Gasteiger partial charge in [0.15, 0.2) is 0 Å². The van der Waals surface area contributed by atoms with Gasteiger partial charge in [0.25, 0.3) is 5.91 Å². The second kappa shape index (κ2) is 13.4. The number of nitrogens with two attached hydrogens (primary N) is 1. The fourth-order valence-corrected chi connectivity index (χ4v) is 7.32. The maximum Gasteiger partial charge on any atom is 0.410 e. The standard InChI is InChI=1S/C34H37ClF2N4O4S/c1-34(2,3)45-33(43)40(4)22-8-10-23(11-9-22)41(32(42)31-29(35)28-24(36)12-13-25(37)30(28)46-31)18-21-16-19(6-14-26(21)44-5)20-7-15-27(38)39-17-20/h6-7,12-17,22-23H,8-11,18H2,1-5H3,(H2,38,39). The third-order valence-corrected chi connectivity index (χ3v) is 9.89. The van der Waals surface area contributed by atoms with Crippen molar-refractivity contribution < 1.29 is 27.8 Å². The summed E-state index contributed by atoms with van der Waals surface area (Å²) in [5, 5.41) is -0.216. The van der Waals surface area contributed by atoms with Crippen LogP contribution < -0.4 is 10.5 Å². The van der Waals surface area contributed by atoms with E-state index in [1.165, 1.54) is 0 Å². The van der Waals surface area contributed by atoms with Crippen LogP contribution >= 0.6 is 22.9 Å². The monoisotopic (exact) mass is 670 g/mol. The van der Waals surface area contributed by atoms with Gasteiger partial charge < -0.3 is 25.0 Å². The summed E-state index contributed by atoms with van der Waals surface area (Å²) in [7, 11) is 3.28. The molecule has 0 unspecified atom stereocenters. The largest absolute Gasteiger partial charge is 0.496 e. The van der Waals surface area contributed by atoms with Crippen molar-refractivity contribution in [2.45, 2.75) is 70.7 Å². The molecule has 2 heterocycles. The number of fused-ring (bicyclic) bond motifs is 1. The third kappa shape index (κ3) is 7.05. The minimum Gasteiger partial charge on any atom is -0.496 e. The Labute approximate surface area is 276 Å². The molecule has 0 aliphatic heterocycles. The highest BCUT2D eigenvalue weighted by molar-refractivity contribution is 7.21. The minimum atomic E-state index is -0.694. The quantitative estimate of drug-likeness (QED) is 0.212. The van der Waals surface area contributed by atoms with Gasteiger partial charge in [-0.05, 0) is 88.4 Å². The van der Waals surface area contributed by atoms with E-state index in [1.54, 1.807) is 36.2 Å². The highest BCUT2D eigenvalue weighted by atomic mass is 35.5. The molecule has 1 fully saturated rings. The Morgan fingerprint density at radius 1 is 1.02 bits per heavy atom. The molecule has 1 saturated carbocycles. The Hall–Kier alpha value is -3.96. The summed E-state index contributed by atoms with van der Waals surface area (Å²) in [6.45, 7) is 5.61. The van der Waals surface area contributed by atoms with Crippen molar-refractivity contribution in [3.8, 4) is 16.9 Å². The lowest BCUT2D eigenvalue weighted by Gasteiger charge is -2.40. The zero-order valence-corrected chi connectivity index (χ0v) is 28.0. The summed E-state index contributed by atoms with van der Waals surface area (Å²) in [5.74, 6) is -0.805. The smallest absolute Gasteiger partial charge is 0.410 e. The fraction of sp³-hybridized carbons (Fsp3) is 0.382. The van der Waals surface area contributed by atoms with Gasteiger partial charge in [-0.25, -0.2) is 18.6 Å². The Morgan fingerprint density at radius 3 is 2.28 bits per heavy atom. The molecule has 1 aliphatic rings. The normalized spacial score (nSPS) is 16.7. The van der Waals surface area contributed by atoms with Crippen LogP contribution in [0.3, 0.4) is 0 Å². The number of aromatic nitrogens is 1. The molecule has 0 saturated heterocycles. The molecular formula is C34H37ClF2N4O4S. The van der Waals surface area contributed by atoms with E-state index < -0.39 is 29.2 Å². The molecule has 2 N–H and O–H groups in total. The lowest BCUT2D eigenvalue weighted by Crippen LogP contribution is -2.47. The predicted octanol–water partition coefficient (Wildman–Crippen LogP) is 8.31. The van der Waals surface area contributed by atoms with E-state index in [-0.39, 0.29) is 38.6 Å². The summed E-state index contributed by atoms with van der Waals surface area (Å²) in [5.41, 5.74) is 7.58. The number of carbonyl (C=O) groups is 2. The molecule has 2 aromatic carbocycles. The van der Waals surface area contributed by atoms with Crippen LogP contribution in [0.1, 0.15) is 61.7 Å². The number of pyridine rings is 1. The fourth-order valence-electron chi connectivity index (χ4n) is 5.81. The zero-order chi connectivity index (χ0) is 33.3. The summed E-state index contributed by atoms with van der Waals surface area (Å²) in [4.78, 5) is 34.7. The Morgan fingerprint density at radius 2 is 1.67 bits per heavy atom. The number of hydrogen-bond donors (Lipinski definition) is 1. The van der Waals surface area contributed by atoms with Gasteiger partial charge in [0.05, 0.1) is 22.2 Å². The van der Waals surface area contributed by atoms with Crippen LogP contribution in [0.2, 0.25) is 5.02 Å². The molecule has 0 bridgehead atoms. The van der Waals surface area contributed by atoms with Gasteiger partial charge in [0, 0.05) is 43.0 Å². The first kappa shape index (κ1) is 33.4. The van der Waals surface area contributed by atoms with Gasteiger partial charge in [0.2, 0.25) is 0 Å². The lowest BCUT2D eigenvalue weighted by molar-refractivity contribution is 0.0144. The number of methoxy groups -OCH3 is 1. The molecule has 5 rings (SSSR count). The van der Waals surface area contributed by atoms with Gasteiger partial charge in [-0.2, -0.15) is 0 Å². The molecule has 0 atom stereocenters. The summed E-state index contributed by atoms with van der Waals surface area (Å²) < 4.78 is 40.8. The summed E-state index contributed by atoms with van der Waals surface area (Å²) in [6.07, 6.45) is 3.69. The number of thiophene rings is 1. The zero-order valence-electron chi connectivity index (χ0n) is 26.4. The van der Waals surface area contributed by atoms with Gasteiger partial charge in [-0.15, -0.1) is 11.3 Å². The average Bonchev–Trinajstić information content (AvgIpc) is 3.38.